The zero-order valence-corrected chi connectivity index (χ0v) is 7.34. The van der Waals surface area contributed by atoms with Crippen LogP contribution < -0.4 is 5.32 Å². The Bertz CT molecular complexity index is 307. The van der Waals surface area contributed by atoms with Crippen LogP contribution in [0.15, 0.2) is 29.2 Å². The van der Waals surface area contributed by atoms with E-state index < -0.39 is 0 Å². The SMILES string of the molecule is O=C1NCC1c1ccc(S)cc1. The van der Waals surface area contributed by atoms with Crippen molar-refractivity contribution in [1.29, 1.82) is 0 Å². The van der Waals surface area contributed by atoms with Gasteiger partial charge in [-0.2, -0.15) is 0 Å². The number of hydrogen-bond donors (Lipinski definition) is 2. The third kappa shape index (κ3) is 1.20. The molecule has 2 nitrogen and oxygen atoms in total. The second kappa shape index (κ2) is 2.83. The van der Waals surface area contributed by atoms with Crippen LogP contribution in [-0.4, -0.2) is 12.5 Å². The molecule has 1 amide bonds. The molecule has 1 fully saturated rings. The summed E-state index contributed by atoms with van der Waals surface area (Å²) in [5.74, 6) is 0.195. The maximum atomic E-state index is 11.0. The van der Waals surface area contributed by atoms with E-state index in [4.69, 9.17) is 0 Å². The number of carbonyl (C=O) groups is 1. The molecule has 3 heteroatoms. The van der Waals surface area contributed by atoms with Crippen LogP contribution in [0.1, 0.15) is 11.5 Å². The van der Waals surface area contributed by atoms with Crippen molar-refractivity contribution in [2.75, 3.05) is 6.54 Å². The minimum absolute atomic E-state index is 0.0685. The second-order valence-corrected chi connectivity index (χ2v) is 3.41. The fourth-order valence-corrected chi connectivity index (χ4v) is 1.41. The first-order chi connectivity index (χ1) is 5.77. The smallest absolute Gasteiger partial charge is 0.229 e. The zero-order valence-electron chi connectivity index (χ0n) is 6.45. The Morgan fingerprint density at radius 3 is 2.42 bits per heavy atom. The van der Waals surface area contributed by atoms with Gasteiger partial charge in [0.05, 0.1) is 5.92 Å². The van der Waals surface area contributed by atoms with Gasteiger partial charge in [0, 0.05) is 11.4 Å². The Morgan fingerprint density at radius 1 is 1.33 bits per heavy atom. The Morgan fingerprint density at radius 2 is 2.00 bits per heavy atom. The molecule has 1 saturated heterocycles. The average Bonchev–Trinajstić information content (AvgIpc) is 2.06. The van der Waals surface area contributed by atoms with Gasteiger partial charge in [-0.3, -0.25) is 4.79 Å². The van der Waals surface area contributed by atoms with Gasteiger partial charge in [0.1, 0.15) is 0 Å². The lowest BCUT2D eigenvalue weighted by molar-refractivity contribution is -0.127. The highest BCUT2D eigenvalue weighted by Crippen LogP contribution is 2.21. The van der Waals surface area contributed by atoms with Crippen LogP contribution in [0, 0.1) is 0 Å². The molecule has 62 valence electrons. The highest BCUT2D eigenvalue weighted by Gasteiger charge is 2.28. The van der Waals surface area contributed by atoms with Crippen LogP contribution >= 0.6 is 12.6 Å². The monoisotopic (exact) mass is 179 g/mol. The highest BCUT2D eigenvalue weighted by molar-refractivity contribution is 7.80. The number of carbonyl (C=O) groups excluding carboxylic acids is 1. The summed E-state index contributed by atoms with van der Waals surface area (Å²) in [7, 11) is 0. The summed E-state index contributed by atoms with van der Waals surface area (Å²) < 4.78 is 0. The van der Waals surface area contributed by atoms with Gasteiger partial charge in [0.2, 0.25) is 5.91 Å². The maximum Gasteiger partial charge on any atom is 0.229 e. The van der Waals surface area contributed by atoms with Crippen molar-refractivity contribution in [2.45, 2.75) is 10.8 Å². The number of amides is 1. The van der Waals surface area contributed by atoms with Gasteiger partial charge in [-0.15, -0.1) is 12.6 Å². The van der Waals surface area contributed by atoms with Crippen molar-refractivity contribution in [1.82, 2.24) is 5.32 Å². The molecule has 0 spiro atoms. The molecule has 1 heterocycles. The lowest BCUT2D eigenvalue weighted by Gasteiger charge is -2.26. The second-order valence-electron chi connectivity index (χ2n) is 2.89. The Balaban J connectivity index is 2.23. The molecule has 0 bridgehead atoms. The summed E-state index contributed by atoms with van der Waals surface area (Å²) in [5.41, 5.74) is 1.08. The van der Waals surface area contributed by atoms with Crippen molar-refractivity contribution >= 4 is 18.5 Å². The van der Waals surface area contributed by atoms with Gasteiger partial charge >= 0.3 is 0 Å². The van der Waals surface area contributed by atoms with Gasteiger partial charge in [0.25, 0.3) is 0 Å². The highest BCUT2D eigenvalue weighted by atomic mass is 32.1. The molecule has 0 aliphatic carbocycles. The third-order valence-electron chi connectivity index (χ3n) is 2.09. The fourth-order valence-electron chi connectivity index (χ4n) is 1.26. The minimum atomic E-state index is 0.0685. The van der Waals surface area contributed by atoms with Gasteiger partial charge < -0.3 is 5.32 Å². The molecule has 1 aliphatic rings. The van der Waals surface area contributed by atoms with E-state index in [9.17, 15) is 4.79 Å². The quantitative estimate of drug-likeness (QED) is 0.492. The van der Waals surface area contributed by atoms with Crippen LogP contribution in [0.2, 0.25) is 0 Å². The Kier molecular flexibility index (Phi) is 1.81. The minimum Gasteiger partial charge on any atom is -0.354 e. The van der Waals surface area contributed by atoms with E-state index in [0.29, 0.717) is 0 Å². The van der Waals surface area contributed by atoms with Crippen molar-refractivity contribution in [3.63, 3.8) is 0 Å². The molecule has 1 aliphatic heterocycles. The molecule has 1 aromatic rings. The van der Waals surface area contributed by atoms with Crippen LogP contribution in [-0.2, 0) is 4.79 Å². The van der Waals surface area contributed by atoms with Gasteiger partial charge in [-0.05, 0) is 17.7 Å². The predicted molar refractivity (Wildman–Crippen MR) is 49.4 cm³/mol. The maximum absolute atomic E-state index is 11.0. The lowest BCUT2D eigenvalue weighted by atomic mass is 9.93. The Hall–Kier alpha value is -0.960. The zero-order chi connectivity index (χ0) is 8.55. The van der Waals surface area contributed by atoms with Gasteiger partial charge in [-0.25, -0.2) is 0 Å². The van der Waals surface area contributed by atoms with E-state index >= 15 is 0 Å². The first kappa shape index (κ1) is 7.68. The third-order valence-corrected chi connectivity index (χ3v) is 2.39. The van der Waals surface area contributed by atoms with Crippen LogP contribution in [0.25, 0.3) is 0 Å². The van der Waals surface area contributed by atoms with E-state index in [0.717, 1.165) is 17.0 Å². The molecule has 1 atom stereocenters. The molecule has 1 aromatic carbocycles. The van der Waals surface area contributed by atoms with Crippen molar-refractivity contribution in [3.8, 4) is 0 Å². The first-order valence-electron chi connectivity index (χ1n) is 3.84. The molecule has 1 unspecified atom stereocenters. The average molecular weight is 179 g/mol. The first-order valence-corrected chi connectivity index (χ1v) is 4.29. The molecular formula is C9H9NOS. The van der Waals surface area contributed by atoms with Gasteiger partial charge in [-0.1, -0.05) is 12.1 Å². The largest absolute Gasteiger partial charge is 0.354 e. The number of β-lactam (4-membered cyclic amide) rings is 1. The molecule has 2 rings (SSSR count). The summed E-state index contributed by atoms with van der Waals surface area (Å²) in [6, 6.07) is 7.71. The van der Waals surface area contributed by atoms with E-state index in [2.05, 4.69) is 17.9 Å². The van der Waals surface area contributed by atoms with Crippen molar-refractivity contribution in [2.24, 2.45) is 0 Å². The number of thiol groups is 1. The molecular weight excluding hydrogens is 170 g/mol. The van der Waals surface area contributed by atoms with Crippen LogP contribution in [0.5, 0.6) is 0 Å². The van der Waals surface area contributed by atoms with Crippen LogP contribution in [0.3, 0.4) is 0 Å². The molecule has 0 radical (unpaired) electrons. The summed E-state index contributed by atoms with van der Waals surface area (Å²) >= 11 is 4.17. The normalized spacial score (nSPS) is 21.4. The number of benzene rings is 1. The Labute approximate surface area is 76.4 Å². The van der Waals surface area contributed by atoms with Crippen LogP contribution in [0.4, 0.5) is 0 Å². The molecule has 0 aromatic heterocycles. The standard InChI is InChI=1S/C9H9NOS/c11-9-8(5-10-9)6-1-3-7(12)4-2-6/h1-4,8,12H,5H2,(H,10,11). The van der Waals surface area contributed by atoms with E-state index in [1.165, 1.54) is 0 Å². The number of hydrogen-bond acceptors (Lipinski definition) is 2. The topological polar surface area (TPSA) is 29.1 Å². The number of rotatable bonds is 1. The summed E-state index contributed by atoms with van der Waals surface area (Å²) in [6.45, 7) is 0.769. The fraction of sp³-hybridized carbons (Fsp3) is 0.222. The van der Waals surface area contributed by atoms with Gasteiger partial charge in [0.15, 0.2) is 0 Å². The summed E-state index contributed by atoms with van der Waals surface area (Å²) in [4.78, 5) is 11.9. The predicted octanol–water partition coefficient (Wildman–Crippen LogP) is 1.19. The van der Waals surface area contributed by atoms with E-state index in [1.54, 1.807) is 0 Å². The lowest BCUT2D eigenvalue weighted by Crippen LogP contribution is -2.46. The summed E-state index contributed by atoms with van der Waals surface area (Å²) in [6.07, 6.45) is 0. The number of nitrogens with one attached hydrogen (secondary N) is 1. The van der Waals surface area contributed by atoms with E-state index in [-0.39, 0.29) is 11.8 Å². The molecule has 0 saturated carbocycles. The van der Waals surface area contributed by atoms with E-state index in [1.807, 2.05) is 24.3 Å². The van der Waals surface area contributed by atoms with Crippen molar-refractivity contribution in [3.05, 3.63) is 29.8 Å². The molecule has 12 heavy (non-hydrogen) atoms. The summed E-state index contributed by atoms with van der Waals surface area (Å²) in [5, 5.41) is 2.71. The van der Waals surface area contributed by atoms with Crippen molar-refractivity contribution < 1.29 is 4.79 Å². The molecule has 1 N–H and O–H groups in total.